The SMILES string of the molecule is COc1ccc(CN[C@@H](C(=O)N[C@H]2c3ccccc3C[C@H]2O)[C@H](O)[C@H](Cc2ccccc2)NC(=O)C(CC(N)=O)NC(=O)OCc2ccccc2)cc1. The highest BCUT2D eigenvalue weighted by atomic mass is 16.5. The molecule has 53 heavy (non-hydrogen) atoms. The number of methoxy groups -OCH3 is 1. The maximum Gasteiger partial charge on any atom is 0.408 e. The van der Waals surface area contributed by atoms with Gasteiger partial charge in [-0.3, -0.25) is 19.7 Å². The molecule has 4 amide bonds. The van der Waals surface area contributed by atoms with Gasteiger partial charge in [-0.2, -0.15) is 0 Å². The van der Waals surface area contributed by atoms with E-state index >= 15 is 0 Å². The molecular formula is C40H45N5O8. The average molecular weight is 724 g/mol. The number of fused-ring (bicyclic) bond motifs is 1. The number of carbonyl (C=O) groups is 4. The number of rotatable bonds is 17. The Morgan fingerprint density at radius 2 is 1.45 bits per heavy atom. The molecule has 278 valence electrons. The van der Waals surface area contributed by atoms with Gasteiger partial charge >= 0.3 is 6.09 Å². The zero-order chi connectivity index (χ0) is 37.7. The molecule has 0 fully saturated rings. The lowest BCUT2D eigenvalue weighted by atomic mass is 9.94. The van der Waals surface area contributed by atoms with Gasteiger partial charge in [0, 0.05) is 13.0 Å². The largest absolute Gasteiger partial charge is 0.497 e. The predicted octanol–water partition coefficient (Wildman–Crippen LogP) is 2.19. The van der Waals surface area contributed by atoms with Crippen LogP contribution < -0.4 is 31.7 Å². The molecule has 4 aromatic carbocycles. The molecule has 0 aliphatic heterocycles. The summed E-state index contributed by atoms with van der Waals surface area (Å²) in [6, 6.07) is 27.9. The van der Waals surface area contributed by atoms with Crippen LogP contribution in [-0.2, 0) is 45.1 Å². The normalized spacial score (nSPS) is 17.0. The van der Waals surface area contributed by atoms with Gasteiger partial charge in [-0.1, -0.05) is 97.1 Å². The standard InChI is InChI=1S/C40H45N5O8/c1-52-29-18-16-26(17-19-29)23-42-36(39(50)45-35-30-15-9-8-14-28(30)21-33(35)46)37(48)31(20-25-10-4-2-5-11-25)43-38(49)32(22-34(41)47)44-40(51)53-24-27-12-6-3-7-13-27/h2-19,31-33,35-37,42,46,48H,20-24H2,1H3,(H2,41,47)(H,43,49)(H,44,51)(H,45,50)/t31-,32?,33+,35-,36+,37+/m0/s1. The molecule has 1 unspecified atom stereocenters. The molecule has 0 radical (unpaired) electrons. The fraction of sp³-hybridized carbons (Fsp3) is 0.300. The Kier molecular flexibility index (Phi) is 13.5. The molecule has 0 heterocycles. The van der Waals surface area contributed by atoms with E-state index < -0.39 is 66.6 Å². The third kappa shape index (κ3) is 10.9. The van der Waals surface area contributed by atoms with Crippen molar-refractivity contribution < 1.29 is 38.9 Å². The highest BCUT2D eigenvalue weighted by molar-refractivity contribution is 5.91. The van der Waals surface area contributed by atoms with Crippen molar-refractivity contribution in [2.45, 2.75) is 68.8 Å². The van der Waals surface area contributed by atoms with Crippen molar-refractivity contribution in [2.24, 2.45) is 5.73 Å². The molecule has 4 aromatic rings. The summed E-state index contributed by atoms with van der Waals surface area (Å²) in [5.74, 6) is -1.65. The molecule has 5 rings (SSSR count). The number of aliphatic hydroxyl groups is 2. The van der Waals surface area contributed by atoms with Crippen LogP contribution in [0.25, 0.3) is 0 Å². The monoisotopic (exact) mass is 723 g/mol. The summed E-state index contributed by atoms with van der Waals surface area (Å²) in [5, 5.41) is 34.2. The molecule has 0 bridgehead atoms. The number of alkyl carbamates (subject to hydrolysis) is 1. The third-order valence-electron chi connectivity index (χ3n) is 9.08. The van der Waals surface area contributed by atoms with E-state index in [1.54, 1.807) is 67.8 Å². The van der Waals surface area contributed by atoms with Crippen LogP contribution in [0.1, 0.15) is 40.3 Å². The topological polar surface area (TPSA) is 201 Å². The van der Waals surface area contributed by atoms with E-state index in [0.29, 0.717) is 17.7 Å². The first-order valence-corrected chi connectivity index (χ1v) is 17.3. The molecule has 1 aliphatic carbocycles. The second-order valence-electron chi connectivity index (χ2n) is 12.9. The van der Waals surface area contributed by atoms with E-state index in [1.807, 2.05) is 48.5 Å². The summed E-state index contributed by atoms with van der Waals surface area (Å²) < 4.78 is 10.5. The highest BCUT2D eigenvalue weighted by Crippen LogP contribution is 2.31. The van der Waals surface area contributed by atoms with Crippen molar-refractivity contribution >= 4 is 23.8 Å². The Labute approximate surface area is 307 Å². The van der Waals surface area contributed by atoms with E-state index in [2.05, 4.69) is 21.3 Å². The van der Waals surface area contributed by atoms with Gasteiger partial charge in [0.05, 0.1) is 37.8 Å². The van der Waals surface area contributed by atoms with Gasteiger partial charge in [-0.15, -0.1) is 0 Å². The first kappa shape index (κ1) is 38.5. The zero-order valence-electron chi connectivity index (χ0n) is 29.3. The number of nitrogens with one attached hydrogen (secondary N) is 4. The van der Waals surface area contributed by atoms with Gasteiger partial charge in [-0.25, -0.2) is 4.79 Å². The summed E-state index contributed by atoms with van der Waals surface area (Å²) in [6.07, 6.45) is -3.55. The van der Waals surface area contributed by atoms with Crippen molar-refractivity contribution in [2.75, 3.05) is 7.11 Å². The van der Waals surface area contributed by atoms with Crippen molar-refractivity contribution in [3.8, 4) is 5.75 Å². The van der Waals surface area contributed by atoms with Crippen molar-refractivity contribution in [1.82, 2.24) is 21.3 Å². The summed E-state index contributed by atoms with van der Waals surface area (Å²) in [7, 11) is 1.55. The van der Waals surface area contributed by atoms with Crippen LogP contribution in [0.3, 0.4) is 0 Å². The molecule has 0 saturated heterocycles. The molecule has 1 aliphatic rings. The third-order valence-corrected chi connectivity index (χ3v) is 9.08. The second-order valence-corrected chi connectivity index (χ2v) is 12.9. The minimum Gasteiger partial charge on any atom is -0.497 e. The number of hydrogen-bond donors (Lipinski definition) is 7. The van der Waals surface area contributed by atoms with Gasteiger partial charge < -0.3 is 41.4 Å². The van der Waals surface area contributed by atoms with Crippen molar-refractivity contribution in [1.29, 1.82) is 0 Å². The van der Waals surface area contributed by atoms with Crippen molar-refractivity contribution in [3.05, 3.63) is 137 Å². The fourth-order valence-corrected chi connectivity index (χ4v) is 6.29. The molecule has 0 aromatic heterocycles. The minimum atomic E-state index is -1.56. The van der Waals surface area contributed by atoms with Gasteiger partial charge in [0.2, 0.25) is 17.7 Å². The summed E-state index contributed by atoms with van der Waals surface area (Å²) in [4.78, 5) is 52.8. The molecule has 6 atom stereocenters. The molecule has 8 N–H and O–H groups in total. The lowest BCUT2D eigenvalue weighted by Crippen LogP contribution is -2.61. The first-order valence-electron chi connectivity index (χ1n) is 17.3. The van der Waals surface area contributed by atoms with E-state index in [0.717, 1.165) is 22.3 Å². The second kappa shape index (κ2) is 18.6. The number of carbonyl (C=O) groups excluding carboxylic acids is 4. The number of aliphatic hydroxyl groups excluding tert-OH is 2. The molecule has 0 spiro atoms. The van der Waals surface area contributed by atoms with Crippen LogP contribution in [-0.4, -0.2) is 71.5 Å². The van der Waals surface area contributed by atoms with Crippen LogP contribution in [0.4, 0.5) is 4.79 Å². The van der Waals surface area contributed by atoms with Gasteiger partial charge in [0.15, 0.2) is 0 Å². The first-order chi connectivity index (χ1) is 25.6. The Hall–Kier alpha value is -5.76. The highest BCUT2D eigenvalue weighted by Gasteiger charge is 2.39. The molecular weight excluding hydrogens is 678 g/mol. The van der Waals surface area contributed by atoms with Gasteiger partial charge in [-0.05, 0) is 46.4 Å². The average Bonchev–Trinajstić information content (AvgIpc) is 3.48. The lowest BCUT2D eigenvalue weighted by Gasteiger charge is -2.33. The van der Waals surface area contributed by atoms with Crippen LogP contribution in [0.2, 0.25) is 0 Å². The van der Waals surface area contributed by atoms with Crippen molar-refractivity contribution in [3.63, 3.8) is 0 Å². The number of ether oxygens (including phenoxy) is 2. The zero-order valence-corrected chi connectivity index (χ0v) is 29.3. The van der Waals surface area contributed by atoms with Gasteiger partial charge in [0.1, 0.15) is 24.4 Å². The summed E-state index contributed by atoms with van der Waals surface area (Å²) >= 11 is 0. The quantitative estimate of drug-likeness (QED) is 0.0853. The Morgan fingerprint density at radius 3 is 2.11 bits per heavy atom. The fourth-order valence-electron chi connectivity index (χ4n) is 6.29. The maximum atomic E-state index is 14.2. The number of nitrogens with two attached hydrogens (primary N) is 1. The molecule has 13 heteroatoms. The maximum absolute atomic E-state index is 14.2. The molecule has 0 saturated carbocycles. The summed E-state index contributed by atoms with van der Waals surface area (Å²) in [6.45, 7) is 0.0673. The summed E-state index contributed by atoms with van der Waals surface area (Å²) in [5.41, 5.74) is 9.35. The number of benzene rings is 4. The Balaban J connectivity index is 1.39. The Morgan fingerprint density at radius 1 is 0.811 bits per heavy atom. The van der Waals surface area contributed by atoms with Crippen LogP contribution in [0, 0.1) is 0 Å². The smallest absolute Gasteiger partial charge is 0.408 e. The van der Waals surface area contributed by atoms with E-state index in [-0.39, 0.29) is 19.6 Å². The predicted molar refractivity (Wildman–Crippen MR) is 196 cm³/mol. The lowest BCUT2D eigenvalue weighted by molar-refractivity contribution is -0.131. The number of hydrogen-bond acceptors (Lipinski definition) is 9. The van der Waals surface area contributed by atoms with Crippen LogP contribution in [0.15, 0.2) is 109 Å². The van der Waals surface area contributed by atoms with Crippen LogP contribution in [0.5, 0.6) is 5.75 Å². The van der Waals surface area contributed by atoms with E-state index in [9.17, 15) is 29.4 Å². The Bertz CT molecular complexity index is 1830. The molecule has 13 nitrogen and oxygen atoms in total. The minimum absolute atomic E-state index is 0.0678. The van der Waals surface area contributed by atoms with E-state index in [4.69, 9.17) is 15.2 Å². The van der Waals surface area contributed by atoms with E-state index in [1.165, 1.54) is 0 Å². The van der Waals surface area contributed by atoms with Crippen LogP contribution >= 0.6 is 0 Å². The number of amides is 4. The number of primary amides is 1. The van der Waals surface area contributed by atoms with Gasteiger partial charge in [0.25, 0.3) is 0 Å².